The lowest BCUT2D eigenvalue weighted by atomic mass is 10.2. The van der Waals surface area contributed by atoms with Crippen LogP contribution < -0.4 is 10.1 Å². The maximum Gasteiger partial charge on any atom is 0.273 e. The fourth-order valence-corrected chi connectivity index (χ4v) is 2.94. The normalized spacial score (nSPS) is 9.91. The van der Waals surface area contributed by atoms with Gasteiger partial charge in [-0.25, -0.2) is 0 Å². The molecule has 0 radical (unpaired) electrons. The summed E-state index contributed by atoms with van der Waals surface area (Å²) in [6.07, 6.45) is 3.20. The molecule has 174 valence electrons. The number of hydrogen-bond acceptors (Lipinski definition) is 5. The largest absolute Gasteiger partial charge is 0.494 e. The second-order valence-electron chi connectivity index (χ2n) is 5.54. The first-order valence-corrected chi connectivity index (χ1v) is 10.3. The molecule has 1 amide bonds. The molecule has 0 bridgehead atoms. The first kappa shape index (κ1) is 31.5. The smallest absolute Gasteiger partial charge is 0.273 e. The molecule has 0 saturated heterocycles. The van der Waals surface area contributed by atoms with Crippen molar-refractivity contribution in [1.29, 1.82) is 0 Å². The highest BCUT2D eigenvalue weighted by molar-refractivity contribution is 6.34. The fourth-order valence-electron chi connectivity index (χ4n) is 2.14. The van der Waals surface area contributed by atoms with Crippen molar-refractivity contribution in [2.45, 2.75) is 27.7 Å². The van der Waals surface area contributed by atoms with Gasteiger partial charge in [-0.15, -0.1) is 0 Å². The first-order chi connectivity index (χ1) is 15.3. The topological polar surface area (TPSA) is 84.8 Å². The van der Waals surface area contributed by atoms with E-state index in [0.717, 1.165) is 5.56 Å². The molecule has 0 spiro atoms. The van der Waals surface area contributed by atoms with Crippen molar-refractivity contribution in [3.63, 3.8) is 0 Å². The lowest BCUT2D eigenvalue weighted by molar-refractivity contribution is -0.112. The van der Waals surface area contributed by atoms with E-state index in [2.05, 4.69) is 10.3 Å². The standard InChI is InChI=1S/C14H17ClN2O2.C7H6Cl2.2CH2O/c1-4-12(16-5-2)14(18)17-13-9-10(19-6-3)7-8-11(13)15;1-5-2-6(8)4-7(9)3-5;2*1-2/h4-5,7-9H,6H2,1-3H3,(H,17,18);2-4H,1H3;2*1H2/b12-4-,16-5?;;;. The lowest BCUT2D eigenvalue weighted by Gasteiger charge is -2.10. The van der Waals surface area contributed by atoms with Crippen LogP contribution in [-0.4, -0.2) is 32.3 Å². The highest BCUT2D eigenvalue weighted by Crippen LogP contribution is 2.27. The third-order valence-corrected chi connectivity index (χ3v) is 4.04. The minimum Gasteiger partial charge on any atom is -0.494 e. The van der Waals surface area contributed by atoms with E-state index in [1.807, 2.05) is 39.6 Å². The van der Waals surface area contributed by atoms with Gasteiger partial charge in [-0.2, -0.15) is 0 Å². The van der Waals surface area contributed by atoms with E-state index in [9.17, 15) is 4.79 Å². The predicted molar refractivity (Wildman–Crippen MR) is 135 cm³/mol. The Hall–Kier alpha value is -2.67. The van der Waals surface area contributed by atoms with Crippen LogP contribution in [0.1, 0.15) is 26.3 Å². The average molecular weight is 502 g/mol. The van der Waals surface area contributed by atoms with Crippen molar-refractivity contribution >= 4 is 66.2 Å². The number of aliphatic imine (C=N–C) groups is 1. The zero-order chi connectivity index (χ0) is 25.1. The Kier molecular flexibility index (Phi) is 18.8. The van der Waals surface area contributed by atoms with Crippen LogP contribution in [0, 0.1) is 6.92 Å². The van der Waals surface area contributed by atoms with Crippen molar-refractivity contribution in [2.24, 2.45) is 4.99 Å². The summed E-state index contributed by atoms with van der Waals surface area (Å²) in [5.41, 5.74) is 1.93. The van der Waals surface area contributed by atoms with Gasteiger partial charge in [0.25, 0.3) is 5.91 Å². The van der Waals surface area contributed by atoms with Crippen molar-refractivity contribution in [1.82, 2.24) is 0 Å². The van der Waals surface area contributed by atoms with Gasteiger partial charge in [0, 0.05) is 22.3 Å². The summed E-state index contributed by atoms with van der Waals surface area (Å²) in [4.78, 5) is 31.9. The van der Waals surface area contributed by atoms with E-state index in [4.69, 9.17) is 49.1 Å². The van der Waals surface area contributed by atoms with Gasteiger partial charge >= 0.3 is 0 Å². The van der Waals surface area contributed by atoms with Gasteiger partial charge < -0.3 is 19.6 Å². The second-order valence-corrected chi connectivity index (χ2v) is 6.82. The molecule has 2 aromatic carbocycles. The summed E-state index contributed by atoms with van der Waals surface area (Å²) in [5.74, 6) is 0.347. The van der Waals surface area contributed by atoms with E-state index >= 15 is 0 Å². The summed E-state index contributed by atoms with van der Waals surface area (Å²) in [7, 11) is 0. The van der Waals surface area contributed by atoms with Crippen molar-refractivity contribution in [3.8, 4) is 5.75 Å². The summed E-state index contributed by atoms with van der Waals surface area (Å²) in [6, 6.07) is 10.6. The lowest BCUT2D eigenvalue weighted by Crippen LogP contribution is -2.13. The van der Waals surface area contributed by atoms with Crippen LogP contribution in [0.15, 0.2) is 53.2 Å². The monoisotopic (exact) mass is 500 g/mol. The van der Waals surface area contributed by atoms with E-state index in [-0.39, 0.29) is 5.91 Å². The maximum atomic E-state index is 12.0. The molecule has 9 heteroatoms. The van der Waals surface area contributed by atoms with Gasteiger partial charge in [0.1, 0.15) is 25.0 Å². The van der Waals surface area contributed by atoms with E-state index in [1.165, 1.54) is 0 Å². The van der Waals surface area contributed by atoms with E-state index < -0.39 is 0 Å². The second kappa shape index (κ2) is 19.0. The third-order valence-electron chi connectivity index (χ3n) is 3.28. The van der Waals surface area contributed by atoms with Gasteiger partial charge in [-0.3, -0.25) is 9.79 Å². The van der Waals surface area contributed by atoms with Crippen LogP contribution >= 0.6 is 34.8 Å². The number of anilines is 1. The van der Waals surface area contributed by atoms with Crippen LogP contribution in [0.2, 0.25) is 15.1 Å². The number of rotatable bonds is 5. The molecule has 6 nitrogen and oxygen atoms in total. The number of carbonyl (C=O) groups is 3. The van der Waals surface area contributed by atoms with Crippen molar-refractivity contribution in [3.05, 3.63) is 68.8 Å². The molecule has 1 N–H and O–H groups in total. The number of aryl methyl sites for hydroxylation is 1. The minimum atomic E-state index is -0.309. The van der Waals surface area contributed by atoms with E-state index in [0.29, 0.717) is 38.8 Å². The number of hydrogen-bond donors (Lipinski definition) is 1. The third kappa shape index (κ3) is 12.9. The van der Waals surface area contributed by atoms with E-state index in [1.54, 1.807) is 50.4 Å². The quantitative estimate of drug-likeness (QED) is 0.369. The molecule has 32 heavy (non-hydrogen) atoms. The molecule has 0 aliphatic carbocycles. The zero-order valence-electron chi connectivity index (χ0n) is 18.5. The Balaban J connectivity index is 0. The summed E-state index contributed by atoms with van der Waals surface area (Å²) < 4.78 is 5.36. The van der Waals surface area contributed by atoms with Crippen molar-refractivity contribution in [2.75, 3.05) is 11.9 Å². The number of ether oxygens (including phenoxy) is 1. The fraction of sp³-hybridized carbons (Fsp3) is 0.217. The molecular weight excluding hydrogens is 475 g/mol. The number of benzene rings is 2. The molecule has 2 aromatic rings. The van der Waals surface area contributed by atoms with Crippen molar-refractivity contribution < 1.29 is 19.1 Å². The number of amides is 1. The average Bonchev–Trinajstić information content (AvgIpc) is 2.76. The Morgan fingerprint density at radius 3 is 2.03 bits per heavy atom. The summed E-state index contributed by atoms with van der Waals surface area (Å²) in [6.45, 7) is 11.9. The van der Waals surface area contributed by atoms with Crippen LogP contribution in [0.25, 0.3) is 0 Å². The molecule has 0 fully saturated rings. The molecule has 0 atom stereocenters. The molecule has 0 aromatic heterocycles. The molecule has 0 aliphatic rings. The SMILES string of the molecule is C=O.C=O.CC=N/C(=C\C)C(=O)Nc1cc(OCC)ccc1Cl.Cc1cc(Cl)cc(Cl)c1. The van der Waals surface area contributed by atoms with Crippen LogP contribution in [0.3, 0.4) is 0 Å². The minimum absolute atomic E-state index is 0.309. The van der Waals surface area contributed by atoms with Crippen LogP contribution in [0.5, 0.6) is 5.75 Å². The highest BCUT2D eigenvalue weighted by atomic mass is 35.5. The van der Waals surface area contributed by atoms with Crippen LogP contribution in [-0.2, 0) is 14.4 Å². The van der Waals surface area contributed by atoms with Gasteiger partial charge in [-0.1, -0.05) is 40.9 Å². The van der Waals surface area contributed by atoms with Gasteiger partial charge in [0.15, 0.2) is 0 Å². The Labute approximate surface area is 204 Å². The van der Waals surface area contributed by atoms with Gasteiger partial charge in [-0.05, 0) is 63.6 Å². The maximum absolute atomic E-state index is 12.0. The predicted octanol–water partition coefficient (Wildman–Crippen LogP) is 6.60. The highest BCUT2D eigenvalue weighted by Gasteiger charge is 2.10. The Morgan fingerprint density at radius 1 is 1.03 bits per heavy atom. The number of nitrogens with zero attached hydrogens (tertiary/aromatic N) is 1. The Morgan fingerprint density at radius 2 is 1.59 bits per heavy atom. The number of halogens is 3. The number of nitrogens with one attached hydrogen (secondary N) is 1. The van der Waals surface area contributed by atoms with Crippen LogP contribution in [0.4, 0.5) is 5.69 Å². The summed E-state index contributed by atoms with van der Waals surface area (Å²) >= 11 is 17.4. The van der Waals surface area contributed by atoms with Gasteiger partial charge in [0.05, 0.1) is 17.3 Å². The number of allylic oxidation sites excluding steroid dienone is 1. The molecule has 0 unspecified atom stereocenters. The number of carbonyl (C=O) groups excluding carboxylic acids is 3. The zero-order valence-corrected chi connectivity index (χ0v) is 20.7. The first-order valence-electron chi connectivity index (χ1n) is 9.19. The molecule has 0 saturated carbocycles. The molecule has 2 rings (SSSR count). The van der Waals surface area contributed by atoms with Gasteiger partial charge in [0.2, 0.25) is 0 Å². The molecular formula is C23H27Cl3N2O4. The molecule has 0 heterocycles. The molecule has 0 aliphatic heterocycles. The summed E-state index contributed by atoms with van der Waals surface area (Å²) in [5, 5.41) is 4.55. The Bertz CT molecular complexity index is 850.